The molecule has 3 nitrogen and oxygen atoms in total. The number of nitrogens with one attached hydrogen (secondary N) is 1. The van der Waals surface area contributed by atoms with Crippen LogP contribution < -0.4 is 5.32 Å². The largest absolute Gasteiger partial charge is 0.444 e. The van der Waals surface area contributed by atoms with E-state index in [1.54, 1.807) is 0 Å². The molecule has 21 heavy (non-hydrogen) atoms. The number of ether oxygens (including phenoxy) is 1. The monoisotopic (exact) mass is 279 g/mol. The van der Waals surface area contributed by atoms with Crippen molar-refractivity contribution < 1.29 is 9.53 Å². The van der Waals surface area contributed by atoms with Gasteiger partial charge < -0.3 is 4.74 Å². The van der Waals surface area contributed by atoms with Crippen LogP contribution in [-0.4, -0.2) is 6.09 Å². The minimum absolute atomic E-state index is 0.278. The number of amides is 1. The predicted octanol–water partition coefficient (Wildman–Crippen LogP) is 4.39. The highest BCUT2D eigenvalue weighted by Crippen LogP contribution is 2.22. The summed E-state index contributed by atoms with van der Waals surface area (Å²) in [5, 5.41) is 2.78. The summed E-state index contributed by atoms with van der Waals surface area (Å²) in [4.78, 5) is 11.8. The van der Waals surface area contributed by atoms with Gasteiger partial charge in [0.05, 0.1) is 0 Å². The average Bonchev–Trinajstić information content (AvgIpc) is 2.54. The van der Waals surface area contributed by atoms with Crippen LogP contribution in [0.3, 0.4) is 0 Å². The van der Waals surface area contributed by atoms with Crippen LogP contribution in [0.25, 0.3) is 6.08 Å². The van der Waals surface area contributed by atoms with Gasteiger partial charge in [-0.2, -0.15) is 0 Å². The van der Waals surface area contributed by atoms with Crippen molar-refractivity contribution in [3.8, 4) is 0 Å². The fourth-order valence-corrected chi connectivity index (χ4v) is 2.39. The van der Waals surface area contributed by atoms with E-state index in [4.69, 9.17) is 4.74 Å². The molecule has 0 heterocycles. The quantitative estimate of drug-likeness (QED) is 0.904. The molecule has 1 aliphatic rings. The lowest BCUT2D eigenvalue weighted by Gasteiger charge is -2.13. The molecule has 2 aromatic rings. The van der Waals surface area contributed by atoms with Gasteiger partial charge in [0.1, 0.15) is 6.61 Å². The summed E-state index contributed by atoms with van der Waals surface area (Å²) >= 11 is 0. The second kappa shape index (κ2) is 6.27. The van der Waals surface area contributed by atoms with Gasteiger partial charge in [0.2, 0.25) is 0 Å². The summed E-state index contributed by atoms with van der Waals surface area (Å²) in [5.74, 6) is 0. The SMILES string of the molecule is O=C(Nc1ccc2c(c1)CCC=C2)OCc1ccccc1. The van der Waals surface area contributed by atoms with E-state index in [2.05, 4.69) is 17.5 Å². The summed E-state index contributed by atoms with van der Waals surface area (Å²) < 4.78 is 5.21. The van der Waals surface area contributed by atoms with Crippen LogP contribution in [-0.2, 0) is 17.8 Å². The highest BCUT2D eigenvalue weighted by molar-refractivity contribution is 5.85. The molecule has 2 aromatic carbocycles. The number of carbonyl (C=O) groups excluding carboxylic acids is 1. The van der Waals surface area contributed by atoms with Gasteiger partial charge >= 0.3 is 6.09 Å². The Morgan fingerprint density at radius 3 is 2.86 bits per heavy atom. The maximum atomic E-state index is 11.8. The number of carbonyl (C=O) groups is 1. The summed E-state index contributed by atoms with van der Waals surface area (Å²) in [6, 6.07) is 15.6. The number of benzene rings is 2. The van der Waals surface area contributed by atoms with E-state index in [1.807, 2.05) is 48.5 Å². The Balaban J connectivity index is 1.59. The van der Waals surface area contributed by atoms with Crippen LogP contribution in [0.5, 0.6) is 0 Å². The molecule has 0 radical (unpaired) electrons. The van der Waals surface area contributed by atoms with Crippen molar-refractivity contribution >= 4 is 17.9 Å². The second-order valence-corrected chi connectivity index (χ2v) is 5.04. The Bertz CT molecular complexity index is 662. The lowest BCUT2D eigenvalue weighted by Crippen LogP contribution is -2.13. The predicted molar refractivity (Wildman–Crippen MR) is 84.0 cm³/mol. The van der Waals surface area contributed by atoms with E-state index in [0.29, 0.717) is 0 Å². The highest BCUT2D eigenvalue weighted by atomic mass is 16.5. The average molecular weight is 279 g/mol. The molecule has 1 aliphatic carbocycles. The molecule has 0 saturated carbocycles. The van der Waals surface area contributed by atoms with Crippen LogP contribution >= 0.6 is 0 Å². The minimum atomic E-state index is -0.426. The fourth-order valence-electron chi connectivity index (χ4n) is 2.39. The summed E-state index contributed by atoms with van der Waals surface area (Å²) in [5.41, 5.74) is 4.24. The van der Waals surface area contributed by atoms with E-state index in [0.717, 1.165) is 24.1 Å². The molecule has 106 valence electrons. The Hall–Kier alpha value is -2.55. The van der Waals surface area contributed by atoms with Crippen LogP contribution in [0.2, 0.25) is 0 Å². The first-order valence-corrected chi connectivity index (χ1v) is 7.08. The molecular weight excluding hydrogens is 262 g/mol. The number of hydrogen-bond donors (Lipinski definition) is 1. The Labute approximate surface area is 124 Å². The fraction of sp³-hybridized carbons (Fsp3) is 0.167. The standard InChI is InChI=1S/C18H17NO2/c20-18(21-13-14-6-2-1-3-7-14)19-17-11-10-15-8-4-5-9-16(15)12-17/h1-4,6-8,10-12H,5,9,13H2,(H,19,20). The van der Waals surface area contributed by atoms with Crippen molar-refractivity contribution in [1.29, 1.82) is 0 Å². The molecule has 1 amide bonds. The topological polar surface area (TPSA) is 38.3 Å². The van der Waals surface area contributed by atoms with Gasteiger partial charge in [-0.05, 0) is 41.7 Å². The lowest BCUT2D eigenvalue weighted by atomic mass is 9.97. The number of allylic oxidation sites excluding steroid dienone is 1. The van der Waals surface area contributed by atoms with E-state index in [9.17, 15) is 4.79 Å². The van der Waals surface area contributed by atoms with E-state index in [-0.39, 0.29) is 6.61 Å². The van der Waals surface area contributed by atoms with Crippen LogP contribution in [0.1, 0.15) is 23.1 Å². The minimum Gasteiger partial charge on any atom is -0.444 e. The molecular formula is C18H17NO2. The normalized spacial score (nSPS) is 12.6. The van der Waals surface area contributed by atoms with Crippen molar-refractivity contribution in [2.75, 3.05) is 5.32 Å². The third kappa shape index (κ3) is 3.51. The molecule has 1 N–H and O–H groups in total. The van der Waals surface area contributed by atoms with Crippen molar-refractivity contribution in [2.45, 2.75) is 19.4 Å². The molecule has 0 saturated heterocycles. The molecule has 3 heteroatoms. The summed E-state index contributed by atoms with van der Waals surface area (Å²) in [7, 11) is 0. The van der Waals surface area contributed by atoms with Gasteiger partial charge in [-0.3, -0.25) is 5.32 Å². The van der Waals surface area contributed by atoms with Gasteiger partial charge in [-0.25, -0.2) is 4.79 Å². The summed E-state index contributed by atoms with van der Waals surface area (Å²) in [6.07, 6.45) is 5.93. The highest BCUT2D eigenvalue weighted by Gasteiger charge is 2.08. The van der Waals surface area contributed by atoms with Gasteiger partial charge in [0.25, 0.3) is 0 Å². The molecule has 3 rings (SSSR count). The van der Waals surface area contributed by atoms with Crippen LogP contribution in [0, 0.1) is 0 Å². The zero-order valence-electron chi connectivity index (χ0n) is 11.7. The van der Waals surface area contributed by atoms with Gasteiger partial charge in [0, 0.05) is 5.69 Å². The van der Waals surface area contributed by atoms with E-state index >= 15 is 0 Å². The Morgan fingerprint density at radius 2 is 2.00 bits per heavy atom. The Kier molecular flexibility index (Phi) is 4.01. The van der Waals surface area contributed by atoms with Gasteiger partial charge in [-0.15, -0.1) is 0 Å². The molecule has 0 spiro atoms. The summed E-state index contributed by atoms with van der Waals surface area (Å²) in [6.45, 7) is 0.278. The maximum Gasteiger partial charge on any atom is 0.411 e. The third-order valence-electron chi connectivity index (χ3n) is 3.48. The number of hydrogen-bond acceptors (Lipinski definition) is 2. The van der Waals surface area contributed by atoms with E-state index < -0.39 is 6.09 Å². The number of anilines is 1. The molecule has 0 atom stereocenters. The first-order chi connectivity index (χ1) is 10.3. The van der Waals surface area contributed by atoms with Crippen molar-refractivity contribution in [1.82, 2.24) is 0 Å². The number of aryl methyl sites for hydroxylation is 1. The van der Waals surface area contributed by atoms with Crippen LogP contribution in [0.4, 0.5) is 10.5 Å². The maximum absolute atomic E-state index is 11.8. The zero-order valence-corrected chi connectivity index (χ0v) is 11.7. The molecule has 0 bridgehead atoms. The van der Waals surface area contributed by atoms with Gasteiger partial charge in [0.15, 0.2) is 0 Å². The molecule has 0 fully saturated rings. The Morgan fingerprint density at radius 1 is 1.14 bits per heavy atom. The second-order valence-electron chi connectivity index (χ2n) is 5.04. The molecule has 0 aromatic heterocycles. The first kappa shape index (κ1) is 13.4. The third-order valence-corrected chi connectivity index (χ3v) is 3.48. The zero-order chi connectivity index (χ0) is 14.5. The molecule has 0 aliphatic heterocycles. The van der Waals surface area contributed by atoms with Crippen molar-refractivity contribution in [2.24, 2.45) is 0 Å². The first-order valence-electron chi connectivity index (χ1n) is 7.08. The smallest absolute Gasteiger partial charge is 0.411 e. The van der Waals surface area contributed by atoms with Crippen molar-refractivity contribution in [3.63, 3.8) is 0 Å². The molecule has 0 unspecified atom stereocenters. The lowest BCUT2D eigenvalue weighted by molar-refractivity contribution is 0.155. The van der Waals surface area contributed by atoms with E-state index in [1.165, 1.54) is 11.1 Å². The van der Waals surface area contributed by atoms with Gasteiger partial charge in [-0.1, -0.05) is 48.6 Å². The van der Waals surface area contributed by atoms with Crippen molar-refractivity contribution in [3.05, 3.63) is 71.3 Å². The number of fused-ring (bicyclic) bond motifs is 1. The van der Waals surface area contributed by atoms with Crippen LogP contribution in [0.15, 0.2) is 54.6 Å². The number of rotatable bonds is 3.